The van der Waals surface area contributed by atoms with Crippen molar-refractivity contribution in [2.45, 2.75) is 91.4 Å². The van der Waals surface area contributed by atoms with Crippen molar-refractivity contribution in [3.05, 3.63) is 34.4 Å². The standard InChI is InChI=1S/C24H40N3O9P/c1-22(2,3)34-20(28)24(7,8)26-37(32,36-19-14-12-18(13-15-19)27(30)31)33-17-11-9-10-16-25-21(29)35-23(4,5)6/h12-15H,9-11,16-17H2,1-8H3,(H,25,29)(H,26,32). The molecule has 0 radical (unpaired) electrons. The molecule has 0 aliphatic heterocycles. The van der Waals surface area contributed by atoms with Crippen molar-refractivity contribution in [3.8, 4) is 5.75 Å². The first-order chi connectivity index (χ1) is 16.8. The molecular weight excluding hydrogens is 505 g/mol. The van der Waals surface area contributed by atoms with Crippen LogP contribution in [0.25, 0.3) is 0 Å². The Morgan fingerprint density at radius 2 is 1.49 bits per heavy atom. The van der Waals surface area contributed by atoms with E-state index in [0.717, 1.165) is 0 Å². The maximum absolute atomic E-state index is 13.6. The van der Waals surface area contributed by atoms with E-state index < -0.39 is 41.5 Å². The molecule has 0 bridgehead atoms. The molecule has 210 valence electrons. The Bertz CT molecular complexity index is 967. The molecule has 1 rings (SSSR count). The van der Waals surface area contributed by atoms with Gasteiger partial charge in [-0.05, 0) is 86.8 Å². The van der Waals surface area contributed by atoms with E-state index in [1.165, 1.54) is 38.1 Å². The highest BCUT2D eigenvalue weighted by atomic mass is 31.2. The van der Waals surface area contributed by atoms with Crippen molar-refractivity contribution in [3.63, 3.8) is 0 Å². The summed E-state index contributed by atoms with van der Waals surface area (Å²) in [5.41, 5.74) is -2.96. The molecule has 1 unspecified atom stereocenters. The topological polar surface area (TPSA) is 155 Å². The van der Waals surface area contributed by atoms with Crippen LogP contribution in [0.3, 0.4) is 0 Å². The third-order valence-corrected chi connectivity index (χ3v) is 6.16. The molecule has 2 N–H and O–H groups in total. The number of nitro groups is 1. The number of amides is 1. The van der Waals surface area contributed by atoms with Gasteiger partial charge in [0.1, 0.15) is 22.5 Å². The Labute approximate surface area is 218 Å². The van der Waals surface area contributed by atoms with Crippen LogP contribution in [0.15, 0.2) is 24.3 Å². The van der Waals surface area contributed by atoms with Crippen molar-refractivity contribution >= 4 is 25.5 Å². The molecule has 0 spiro atoms. The molecule has 0 fully saturated rings. The molecular formula is C24H40N3O9P. The number of esters is 1. The van der Waals surface area contributed by atoms with E-state index in [2.05, 4.69) is 10.4 Å². The molecule has 1 amide bonds. The number of nitrogens with one attached hydrogen (secondary N) is 2. The van der Waals surface area contributed by atoms with Gasteiger partial charge in [0.2, 0.25) is 0 Å². The Kier molecular flexibility index (Phi) is 11.5. The average Bonchev–Trinajstić information content (AvgIpc) is 2.70. The number of unbranched alkanes of at least 4 members (excludes halogenated alkanes) is 2. The van der Waals surface area contributed by atoms with Gasteiger partial charge in [-0.25, -0.2) is 9.36 Å². The zero-order chi connectivity index (χ0) is 28.5. The maximum Gasteiger partial charge on any atom is 0.459 e. The smallest absolute Gasteiger partial charge is 0.459 e. The molecule has 0 aromatic heterocycles. The van der Waals surface area contributed by atoms with Crippen LogP contribution in [0.5, 0.6) is 5.75 Å². The number of hydrogen-bond acceptors (Lipinski definition) is 9. The number of benzene rings is 1. The number of carbonyl (C=O) groups is 2. The van der Waals surface area contributed by atoms with Gasteiger partial charge in [0.05, 0.1) is 11.5 Å². The minimum atomic E-state index is -4.13. The number of nitro benzene ring substituents is 1. The highest BCUT2D eigenvalue weighted by Crippen LogP contribution is 2.47. The van der Waals surface area contributed by atoms with Gasteiger partial charge in [0.25, 0.3) is 5.69 Å². The number of hydrogen-bond donors (Lipinski definition) is 2. The summed E-state index contributed by atoms with van der Waals surface area (Å²) in [7, 11) is -4.13. The molecule has 0 aliphatic carbocycles. The number of alkyl carbamates (subject to hydrolysis) is 1. The van der Waals surface area contributed by atoms with Crippen LogP contribution in [-0.4, -0.2) is 46.9 Å². The van der Waals surface area contributed by atoms with Crippen molar-refractivity contribution in [2.24, 2.45) is 0 Å². The summed E-state index contributed by atoms with van der Waals surface area (Å²) in [6.07, 6.45) is 1.26. The summed E-state index contributed by atoms with van der Waals surface area (Å²) in [6, 6.07) is 4.99. The normalized spacial score (nSPS) is 13.8. The van der Waals surface area contributed by atoms with Crippen molar-refractivity contribution in [2.75, 3.05) is 13.2 Å². The zero-order valence-electron chi connectivity index (χ0n) is 22.9. The molecule has 13 heteroatoms. The lowest BCUT2D eigenvalue weighted by atomic mass is 10.1. The van der Waals surface area contributed by atoms with Crippen LogP contribution in [-0.2, 0) is 23.4 Å². The molecule has 1 atom stereocenters. The SMILES string of the molecule is CC(C)(C)OC(=O)NCCCCCOP(=O)(NC(C)(C)C(=O)OC(C)(C)C)Oc1ccc([N+](=O)[O-])cc1. The van der Waals surface area contributed by atoms with E-state index >= 15 is 0 Å². The predicted molar refractivity (Wildman–Crippen MR) is 138 cm³/mol. The van der Waals surface area contributed by atoms with Crippen LogP contribution >= 0.6 is 7.75 Å². The van der Waals surface area contributed by atoms with Crippen LogP contribution in [0, 0.1) is 10.1 Å². The predicted octanol–water partition coefficient (Wildman–Crippen LogP) is 5.50. The third-order valence-electron chi connectivity index (χ3n) is 4.35. The number of non-ortho nitro benzene ring substituents is 1. The summed E-state index contributed by atoms with van der Waals surface area (Å²) in [5, 5.41) is 16.2. The van der Waals surface area contributed by atoms with Gasteiger partial charge in [-0.2, -0.15) is 5.09 Å². The number of nitrogens with zero attached hydrogens (tertiary/aromatic N) is 1. The minimum Gasteiger partial charge on any atom is -0.459 e. The molecule has 12 nitrogen and oxygen atoms in total. The van der Waals surface area contributed by atoms with E-state index in [1.807, 2.05) is 0 Å². The van der Waals surface area contributed by atoms with Gasteiger partial charge in [0, 0.05) is 18.7 Å². The molecule has 1 aromatic carbocycles. The van der Waals surface area contributed by atoms with Crippen LogP contribution < -0.4 is 14.9 Å². The zero-order valence-corrected chi connectivity index (χ0v) is 23.8. The Morgan fingerprint density at radius 3 is 2.00 bits per heavy atom. The molecule has 37 heavy (non-hydrogen) atoms. The fourth-order valence-electron chi connectivity index (χ4n) is 2.74. The van der Waals surface area contributed by atoms with Crippen LogP contribution in [0.1, 0.15) is 74.7 Å². The van der Waals surface area contributed by atoms with E-state index in [0.29, 0.717) is 25.8 Å². The van der Waals surface area contributed by atoms with E-state index in [9.17, 15) is 24.3 Å². The Hall–Kier alpha value is -2.69. The van der Waals surface area contributed by atoms with Gasteiger partial charge in [-0.3, -0.25) is 19.4 Å². The molecule has 1 aromatic rings. The highest BCUT2D eigenvalue weighted by Gasteiger charge is 2.41. The Balaban J connectivity index is 2.79. The minimum absolute atomic E-state index is 0.0219. The molecule has 0 heterocycles. The van der Waals surface area contributed by atoms with Crippen LogP contribution in [0.2, 0.25) is 0 Å². The van der Waals surface area contributed by atoms with Crippen molar-refractivity contribution in [1.82, 2.24) is 10.4 Å². The van der Waals surface area contributed by atoms with E-state index in [-0.39, 0.29) is 18.0 Å². The fraction of sp³-hybridized carbons (Fsp3) is 0.667. The van der Waals surface area contributed by atoms with E-state index in [4.69, 9.17) is 18.5 Å². The lowest BCUT2D eigenvalue weighted by molar-refractivity contribution is -0.384. The number of ether oxygens (including phenoxy) is 2. The highest BCUT2D eigenvalue weighted by molar-refractivity contribution is 7.52. The van der Waals surface area contributed by atoms with E-state index in [1.54, 1.807) is 41.5 Å². The quantitative estimate of drug-likeness (QED) is 0.107. The first-order valence-corrected chi connectivity index (χ1v) is 13.5. The summed E-state index contributed by atoms with van der Waals surface area (Å²) in [4.78, 5) is 34.7. The van der Waals surface area contributed by atoms with Crippen LogP contribution in [0.4, 0.5) is 10.5 Å². The monoisotopic (exact) mass is 545 g/mol. The first kappa shape index (κ1) is 32.3. The van der Waals surface area contributed by atoms with Gasteiger partial charge in [-0.15, -0.1) is 0 Å². The average molecular weight is 546 g/mol. The molecule has 0 aliphatic rings. The second kappa shape index (κ2) is 13.2. The number of rotatable bonds is 13. The fourth-order valence-corrected chi connectivity index (χ4v) is 4.44. The summed E-state index contributed by atoms with van der Waals surface area (Å²) >= 11 is 0. The first-order valence-electron chi connectivity index (χ1n) is 12.0. The lowest BCUT2D eigenvalue weighted by Crippen LogP contribution is -2.49. The summed E-state index contributed by atoms with van der Waals surface area (Å²) < 4.78 is 35.4. The van der Waals surface area contributed by atoms with Crippen molar-refractivity contribution < 1.29 is 37.6 Å². The molecule has 0 saturated heterocycles. The van der Waals surface area contributed by atoms with Gasteiger partial charge in [-0.1, -0.05) is 0 Å². The summed E-state index contributed by atoms with van der Waals surface area (Å²) in [5.74, 6) is -0.604. The van der Waals surface area contributed by atoms with Gasteiger partial charge >= 0.3 is 19.8 Å². The largest absolute Gasteiger partial charge is 0.459 e. The van der Waals surface area contributed by atoms with Crippen molar-refractivity contribution in [1.29, 1.82) is 0 Å². The number of carbonyl (C=O) groups excluding carboxylic acids is 2. The lowest BCUT2D eigenvalue weighted by Gasteiger charge is -2.31. The van der Waals surface area contributed by atoms with Gasteiger partial charge in [0.15, 0.2) is 0 Å². The maximum atomic E-state index is 13.6. The molecule has 0 saturated carbocycles. The Morgan fingerprint density at radius 1 is 0.919 bits per heavy atom. The second-order valence-corrected chi connectivity index (χ2v) is 12.6. The van der Waals surface area contributed by atoms with Gasteiger partial charge < -0.3 is 19.3 Å². The second-order valence-electron chi connectivity index (χ2n) is 10.9. The summed E-state index contributed by atoms with van der Waals surface area (Å²) in [6.45, 7) is 13.9. The third kappa shape index (κ3) is 13.4.